The molecule has 17 heteroatoms. The molecule has 68 heavy (non-hydrogen) atoms. The number of nitrogens with one attached hydrogen (secondary N) is 5. The van der Waals surface area contributed by atoms with Crippen LogP contribution in [0.25, 0.3) is 0 Å². The number of nitrogens with zero attached hydrogens (tertiary/aromatic N) is 4. The lowest BCUT2D eigenvalue weighted by Gasteiger charge is -2.53. The van der Waals surface area contributed by atoms with Gasteiger partial charge >= 0.3 is 0 Å². The van der Waals surface area contributed by atoms with Gasteiger partial charge in [-0.05, 0) is 105 Å². The minimum atomic E-state index is -1.09. The van der Waals surface area contributed by atoms with Crippen LogP contribution in [0.15, 0.2) is 78.9 Å². The van der Waals surface area contributed by atoms with Gasteiger partial charge in [0.05, 0.1) is 28.9 Å². The van der Waals surface area contributed by atoms with Gasteiger partial charge in [0, 0.05) is 70.1 Å². The zero-order valence-corrected chi connectivity index (χ0v) is 38.7. The minimum absolute atomic E-state index is 0.00379. The van der Waals surface area contributed by atoms with Gasteiger partial charge in [-0.2, -0.15) is 0 Å². The maximum Gasteiger partial charge on any atom is 0.268 e. The molecule has 17 nitrogen and oxygen atoms in total. The molecule has 1 spiro atoms. The first-order valence-corrected chi connectivity index (χ1v) is 23.6. The standard InChI is InChI=1S/C51H59N9O8/c1-57(2)48(66)35-17-13-34(14-18-35)32-58-28-29-59-39(21-23-41(59)51(58)25-9-26-51)46(64)53-30-33-15-19-36(20-16-33)54-42(61)12-6-4-3-5-7-27-52-31-44(63)55-38-11-8-10-37-45(38)50(68)60(49(37)67)40-22-24-43(62)56-47(40)65/h8,10-11,13-21,23,40,52H,3-7,9,12,22,24-32H2,1-2H3,(H,53,64)(H,54,61)(H,55,63)(H,56,62,65). The Morgan fingerprint density at radius 1 is 0.779 bits per heavy atom. The van der Waals surface area contributed by atoms with E-state index in [1.807, 2.05) is 54.6 Å². The van der Waals surface area contributed by atoms with Crippen LogP contribution < -0.4 is 26.6 Å². The highest BCUT2D eigenvalue weighted by atomic mass is 16.2. The fourth-order valence-corrected chi connectivity index (χ4v) is 9.74. The van der Waals surface area contributed by atoms with Crippen molar-refractivity contribution in [2.45, 2.75) is 102 Å². The molecule has 8 rings (SSSR count). The van der Waals surface area contributed by atoms with Crippen molar-refractivity contribution in [3.05, 3.63) is 118 Å². The van der Waals surface area contributed by atoms with Gasteiger partial charge in [-0.15, -0.1) is 0 Å². The summed E-state index contributed by atoms with van der Waals surface area (Å²) in [6.45, 7) is 3.27. The van der Waals surface area contributed by atoms with Gasteiger partial charge in [0.15, 0.2) is 0 Å². The van der Waals surface area contributed by atoms with Crippen LogP contribution in [0, 0.1) is 0 Å². The predicted octanol–water partition coefficient (Wildman–Crippen LogP) is 4.92. The highest BCUT2D eigenvalue weighted by Crippen LogP contribution is 2.49. The van der Waals surface area contributed by atoms with E-state index in [0.29, 0.717) is 43.0 Å². The highest BCUT2D eigenvalue weighted by molar-refractivity contribution is 6.26. The predicted molar refractivity (Wildman–Crippen MR) is 253 cm³/mol. The molecule has 4 heterocycles. The number of aromatic nitrogens is 1. The third-order valence-corrected chi connectivity index (χ3v) is 13.5. The number of anilines is 2. The number of amides is 8. The monoisotopic (exact) mass is 925 g/mol. The zero-order valence-electron chi connectivity index (χ0n) is 38.7. The van der Waals surface area contributed by atoms with Crippen LogP contribution in [0.2, 0.25) is 0 Å². The summed E-state index contributed by atoms with van der Waals surface area (Å²) in [7, 11) is 3.51. The molecule has 3 aromatic carbocycles. The number of benzene rings is 3. The van der Waals surface area contributed by atoms with Crippen LogP contribution in [-0.2, 0) is 44.4 Å². The Morgan fingerprint density at radius 2 is 1.51 bits per heavy atom. The van der Waals surface area contributed by atoms with Crippen molar-refractivity contribution >= 4 is 58.6 Å². The molecule has 1 aliphatic carbocycles. The Bertz CT molecular complexity index is 2600. The second kappa shape index (κ2) is 20.9. The number of unbranched alkanes of at least 4 members (excludes halogenated alkanes) is 4. The van der Waals surface area contributed by atoms with Crippen LogP contribution in [0.4, 0.5) is 11.4 Å². The SMILES string of the molecule is CN(C)C(=O)c1ccc(CN2CCn3c(C(=O)NCc4ccc(NC(=O)CCCCCCCNCC(=O)Nc5cccc6c5C(=O)N(C5CCC(=O)NC5=O)C6=O)cc4)ccc3C23CCC3)cc1. The molecule has 5 N–H and O–H groups in total. The maximum absolute atomic E-state index is 13.5. The molecule has 1 saturated carbocycles. The van der Waals surface area contributed by atoms with Gasteiger partial charge in [-0.3, -0.25) is 53.5 Å². The van der Waals surface area contributed by atoms with Gasteiger partial charge in [-0.1, -0.05) is 49.6 Å². The van der Waals surface area contributed by atoms with Crippen LogP contribution >= 0.6 is 0 Å². The van der Waals surface area contributed by atoms with Crippen LogP contribution in [0.5, 0.6) is 0 Å². The number of fused-ring (bicyclic) bond motifs is 3. The number of rotatable bonds is 19. The Labute approximate surface area is 395 Å². The Hall–Kier alpha value is -6.98. The highest BCUT2D eigenvalue weighted by Gasteiger charge is 2.49. The first kappa shape index (κ1) is 47.5. The summed E-state index contributed by atoms with van der Waals surface area (Å²) in [5.41, 5.74) is 5.51. The van der Waals surface area contributed by atoms with E-state index < -0.39 is 29.7 Å². The van der Waals surface area contributed by atoms with Crippen LogP contribution in [-0.4, -0.2) is 106 Å². The van der Waals surface area contributed by atoms with Crippen LogP contribution in [0.1, 0.15) is 129 Å². The molecule has 1 saturated heterocycles. The molecule has 2 fully saturated rings. The number of hydrogen-bond donors (Lipinski definition) is 5. The molecular formula is C51H59N9O8. The lowest BCUT2D eigenvalue weighted by atomic mass is 9.71. The average molecular weight is 926 g/mol. The number of carbonyl (C=O) groups is 8. The third-order valence-electron chi connectivity index (χ3n) is 13.5. The molecule has 8 amide bonds. The smallest absolute Gasteiger partial charge is 0.268 e. The number of hydrogen-bond acceptors (Lipinski definition) is 10. The van der Waals surface area contributed by atoms with Gasteiger partial charge in [0.1, 0.15) is 11.7 Å². The molecule has 0 bridgehead atoms. The molecule has 1 atom stereocenters. The summed E-state index contributed by atoms with van der Waals surface area (Å²) < 4.78 is 2.18. The van der Waals surface area contributed by atoms with E-state index in [1.165, 1.54) is 17.8 Å². The van der Waals surface area contributed by atoms with E-state index in [4.69, 9.17) is 0 Å². The lowest BCUT2D eigenvalue weighted by molar-refractivity contribution is -0.136. The van der Waals surface area contributed by atoms with Gasteiger partial charge < -0.3 is 30.7 Å². The van der Waals surface area contributed by atoms with E-state index in [-0.39, 0.29) is 65.4 Å². The second-order valence-corrected chi connectivity index (χ2v) is 18.3. The number of imide groups is 2. The topological polar surface area (TPSA) is 211 Å². The summed E-state index contributed by atoms with van der Waals surface area (Å²) in [6.07, 6.45) is 7.97. The van der Waals surface area contributed by atoms with E-state index in [9.17, 15) is 38.4 Å². The van der Waals surface area contributed by atoms with Crippen LogP contribution in [0.3, 0.4) is 0 Å². The van der Waals surface area contributed by atoms with Crippen molar-refractivity contribution in [1.29, 1.82) is 0 Å². The normalized spacial score (nSPS) is 17.3. The molecule has 1 unspecified atom stereocenters. The Morgan fingerprint density at radius 3 is 2.24 bits per heavy atom. The molecule has 0 radical (unpaired) electrons. The largest absolute Gasteiger partial charge is 0.347 e. The summed E-state index contributed by atoms with van der Waals surface area (Å²) in [5.74, 6) is -3.06. The number of carbonyl (C=O) groups excluding carboxylic acids is 8. The molecule has 4 aliphatic rings. The van der Waals surface area contributed by atoms with Crippen molar-refractivity contribution in [2.24, 2.45) is 0 Å². The van der Waals surface area contributed by atoms with Crippen molar-refractivity contribution in [1.82, 2.24) is 35.2 Å². The van der Waals surface area contributed by atoms with Gasteiger partial charge in [-0.25, -0.2) is 0 Å². The van der Waals surface area contributed by atoms with Crippen molar-refractivity contribution < 1.29 is 38.4 Å². The van der Waals surface area contributed by atoms with Crippen molar-refractivity contribution in [3.8, 4) is 0 Å². The first-order valence-electron chi connectivity index (χ1n) is 23.6. The minimum Gasteiger partial charge on any atom is -0.347 e. The third kappa shape index (κ3) is 10.3. The van der Waals surface area contributed by atoms with E-state index in [1.54, 1.807) is 25.1 Å². The summed E-state index contributed by atoms with van der Waals surface area (Å²) in [4.78, 5) is 107. The van der Waals surface area contributed by atoms with Crippen molar-refractivity contribution in [2.75, 3.05) is 44.4 Å². The maximum atomic E-state index is 13.5. The van der Waals surface area contributed by atoms with Gasteiger partial charge in [0.25, 0.3) is 23.6 Å². The first-order chi connectivity index (χ1) is 32.8. The Kier molecular flexibility index (Phi) is 14.6. The number of piperidine rings is 1. The zero-order chi connectivity index (χ0) is 48.0. The van der Waals surface area contributed by atoms with Gasteiger partial charge in [0.2, 0.25) is 23.6 Å². The molecule has 356 valence electrons. The average Bonchev–Trinajstić information content (AvgIpc) is 3.86. The quantitative estimate of drug-likeness (QED) is 0.0633. The van der Waals surface area contributed by atoms with E-state index in [2.05, 4.69) is 42.1 Å². The fraction of sp³-hybridized carbons (Fsp3) is 0.412. The lowest BCUT2D eigenvalue weighted by Crippen LogP contribution is -2.56. The summed E-state index contributed by atoms with van der Waals surface area (Å²) in [5, 5.41) is 14.0. The second-order valence-electron chi connectivity index (χ2n) is 18.3. The molecule has 4 aromatic rings. The fourth-order valence-electron chi connectivity index (χ4n) is 9.74. The van der Waals surface area contributed by atoms with E-state index in [0.717, 1.165) is 80.5 Å². The van der Waals surface area contributed by atoms with Crippen molar-refractivity contribution in [3.63, 3.8) is 0 Å². The molecular weight excluding hydrogens is 867 g/mol. The van der Waals surface area contributed by atoms with E-state index >= 15 is 0 Å². The molecule has 3 aliphatic heterocycles. The molecule has 1 aromatic heterocycles. The summed E-state index contributed by atoms with van der Waals surface area (Å²) >= 11 is 0. The Balaban J connectivity index is 0.696. The summed E-state index contributed by atoms with van der Waals surface area (Å²) in [6, 6.07) is 22.9.